The summed E-state index contributed by atoms with van der Waals surface area (Å²) in [5.74, 6) is 1.43. The fraction of sp³-hybridized carbons (Fsp3) is 0.690. The molecule has 0 saturated heterocycles. The van der Waals surface area contributed by atoms with Crippen molar-refractivity contribution in [2.24, 2.45) is 23.2 Å². The van der Waals surface area contributed by atoms with Crippen LogP contribution >= 0.6 is 11.6 Å². The Morgan fingerprint density at radius 3 is 2.27 bits per heavy atom. The Hall–Kier alpha value is -2.28. The quantitative estimate of drug-likeness (QED) is 0.389. The first-order valence-electron chi connectivity index (χ1n) is 13.7. The maximum atomic E-state index is 13.1. The summed E-state index contributed by atoms with van der Waals surface area (Å²) in [6.45, 7) is 6.52. The summed E-state index contributed by atoms with van der Waals surface area (Å²) >= 11 is 6.42. The number of carboxylic acids is 1. The lowest BCUT2D eigenvalue weighted by Crippen LogP contribution is -2.51. The number of ether oxygens (including phenoxy) is 1. The van der Waals surface area contributed by atoms with Gasteiger partial charge in [-0.3, -0.25) is 9.59 Å². The molecule has 0 atom stereocenters. The van der Waals surface area contributed by atoms with Crippen molar-refractivity contribution in [1.82, 2.24) is 10.2 Å². The molecule has 0 aliphatic heterocycles. The Balaban J connectivity index is 1.32. The van der Waals surface area contributed by atoms with Gasteiger partial charge in [0.2, 0.25) is 0 Å². The average molecular weight is 533 g/mol. The van der Waals surface area contributed by atoms with E-state index in [1.54, 1.807) is 26.8 Å². The monoisotopic (exact) mass is 532 g/mol. The minimum atomic E-state index is -0.963. The molecule has 4 bridgehead atoms. The van der Waals surface area contributed by atoms with Gasteiger partial charge in [0.15, 0.2) is 0 Å². The standard InChI is InChI=1S/C29H41ClN2O5/c1-28(2,3)37-27(36)32(10-8-25(33)34)9-4-5-19-6-7-24(30)23(14-19)26(35)31-18-29-15-20-11-21(16-29)13-22(12-20)17-29/h6-7,14,20-22H,4-5,8-13,15-18H2,1-3H3,(H,31,35)(H,33,34). The Bertz CT molecular complexity index is 983. The number of rotatable bonds is 10. The number of hydrogen-bond acceptors (Lipinski definition) is 4. The number of halogens is 1. The first kappa shape index (κ1) is 27.7. The molecule has 4 saturated carbocycles. The molecule has 1 aromatic carbocycles. The van der Waals surface area contributed by atoms with Gasteiger partial charge in [-0.2, -0.15) is 0 Å². The molecule has 4 aliphatic rings. The van der Waals surface area contributed by atoms with Crippen LogP contribution < -0.4 is 5.32 Å². The average Bonchev–Trinajstić information content (AvgIpc) is 2.78. The van der Waals surface area contributed by atoms with Gasteiger partial charge in [-0.1, -0.05) is 17.7 Å². The van der Waals surface area contributed by atoms with Crippen LogP contribution in [0.4, 0.5) is 4.79 Å². The fourth-order valence-electron chi connectivity index (χ4n) is 7.10. The van der Waals surface area contributed by atoms with E-state index in [1.165, 1.54) is 43.4 Å². The zero-order valence-electron chi connectivity index (χ0n) is 22.4. The number of aryl methyl sites for hydroxylation is 1. The smallest absolute Gasteiger partial charge is 0.410 e. The Kier molecular flexibility index (Phi) is 8.41. The molecule has 0 aromatic heterocycles. The second-order valence-corrected chi connectivity index (χ2v) is 13.0. The Morgan fingerprint density at radius 2 is 1.70 bits per heavy atom. The number of benzene rings is 1. The zero-order valence-corrected chi connectivity index (χ0v) is 23.1. The summed E-state index contributed by atoms with van der Waals surface area (Å²) < 4.78 is 5.44. The van der Waals surface area contributed by atoms with Gasteiger partial charge in [0.1, 0.15) is 5.60 Å². The highest BCUT2D eigenvalue weighted by Crippen LogP contribution is 2.59. The van der Waals surface area contributed by atoms with Crippen LogP contribution in [-0.2, 0) is 16.0 Å². The summed E-state index contributed by atoms with van der Waals surface area (Å²) in [5, 5.41) is 12.7. The van der Waals surface area contributed by atoms with Crippen LogP contribution in [0.3, 0.4) is 0 Å². The molecule has 0 radical (unpaired) electrons. The highest BCUT2D eigenvalue weighted by atomic mass is 35.5. The first-order chi connectivity index (χ1) is 17.4. The van der Waals surface area contributed by atoms with Crippen molar-refractivity contribution in [3.05, 3.63) is 34.3 Å². The van der Waals surface area contributed by atoms with Crippen molar-refractivity contribution >= 4 is 29.6 Å². The van der Waals surface area contributed by atoms with E-state index in [0.717, 1.165) is 29.9 Å². The third kappa shape index (κ3) is 7.40. The predicted octanol–water partition coefficient (Wildman–Crippen LogP) is 5.93. The fourth-order valence-corrected chi connectivity index (χ4v) is 7.30. The van der Waals surface area contributed by atoms with E-state index >= 15 is 0 Å². The first-order valence-corrected chi connectivity index (χ1v) is 14.1. The molecule has 37 heavy (non-hydrogen) atoms. The number of nitrogens with one attached hydrogen (secondary N) is 1. The zero-order chi connectivity index (χ0) is 26.8. The van der Waals surface area contributed by atoms with Crippen LogP contribution in [0, 0.1) is 23.2 Å². The van der Waals surface area contributed by atoms with Crippen LogP contribution in [-0.4, -0.2) is 53.2 Å². The minimum absolute atomic E-state index is 0.0862. The second kappa shape index (κ2) is 11.2. The van der Waals surface area contributed by atoms with Crippen molar-refractivity contribution in [2.45, 2.75) is 84.2 Å². The Labute approximate surface area is 225 Å². The van der Waals surface area contributed by atoms with E-state index in [4.69, 9.17) is 21.4 Å². The highest BCUT2D eigenvalue weighted by molar-refractivity contribution is 6.33. The molecule has 0 heterocycles. The molecule has 8 heteroatoms. The SMILES string of the molecule is CC(C)(C)OC(=O)N(CCCc1ccc(Cl)c(C(=O)NCC23CC4CC(CC(C4)C2)C3)c1)CCC(=O)O. The number of carboxylic acid groups (broad SMARTS) is 1. The van der Waals surface area contributed by atoms with Gasteiger partial charge < -0.3 is 20.1 Å². The minimum Gasteiger partial charge on any atom is -0.481 e. The maximum Gasteiger partial charge on any atom is 0.410 e. The molecule has 0 spiro atoms. The van der Waals surface area contributed by atoms with Crippen LogP contribution in [0.1, 0.15) is 88.1 Å². The highest BCUT2D eigenvalue weighted by Gasteiger charge is 2.50. The molecule has 0 unspecified atom stereocenters. The molecule has 4 fully saturated rings. The van der Waals surface area contributed by atoms with Crippen molar-refractivity contribution < 1.29 is 24.2 Å². The number of nitrogens with zero attached hydrogens (tertiary/aromatic N) is 1. The van der Waals surface area contributed by atoms with E-state index in [9.17, 15) is 14.4 Å². The normalized spacial score (nSPS) is 26.1. The van der Waals surface area contributed by atoms with E-state index in [2.05, 4.69) is 5.32 Å². The number of aliphatic carboxylic acids is 1. The van der Waals surface area contributed by atoms with Gasteiger partial charge in [0.25, 0.3) is 5.91 Å². The van der Waals surface area contributed by atoms with Crippen molar-refractivity contribution in [3.63, 3.8) is 0 Å². The number of carbonyl (C=O) groups excluding carboxylic acids is 2. The molecule has 4 aliphatic carbocycles. The molecule has 2 amide bonds. The number of carbonyl (C=O) groups is 3. The summed E-state index contributed by atoms with van der Waals surface area (Å²) in [7, 11) is 0. The lowest BCUT2D eigenvalue weighted by Gasteiger charge is -2.56. The van der Waals surface area contributed by atoms with Gasteiger partial charge in [0.05, 0.1) is 17.0 Å². The van der Waals surface area contributed by atoms with E-state index in [-0.39, 0.29) is 24.3 Å². The summed E-state index contributed by atoms with van der Waals surface area (Å²) in [6, 6.07) is 5.49. The van der Waals surface area contributed by atoms with Gasteiger partial charge in [-0.05, 0) is 113 Å². The van der Waals surface area contributed by atoms with Crippen molar-refractivity contribution in [1.29, 1.82) is 0 Å². The lowest BCUT2D eigenvalue weighted by atomic mass is 9.49. The molecule has 5 rings (SSSR count). The van der Waals surface area contributed by atoms with Crippen LogP contribution in [0.15, 0.2) is 18.2 Å². The third-order valence-electron chi connectivity index (χ3n) is 8.21. The maximum absolute atomic E-state index is 13.1. The molecular formula is C29H41ClN2O5. The van der Waals surface area contributed by atoms with E-state index in [1.807, 2.05) is 12.1 Å². The summed E-state index contributed by atoms with van der Waals surface area (Å²) in [4.78, 5) is 38.2. The van der Waals surface area contributed by atoms with Crippen molar-refractivity contribution in [3.8, 4) is 0 Å². The largest absolute Gasteiger partial charge is 0.481 e. The molecule has 1 aromatic rings. The topological polar surface area (TPSA) is 95.9 Å². The van der Waals surface area contributed by atoms with Crippen LogP contribution in [0.25, 0.3) is 0 Å². The molecular weight excluding hydrogens is 492 g/mol. The van der Waals surface area contributed by atoms with Crippen molar-refractivity contribution in [2.75, 3.05) is 19.6 Å². The summed E-state index contributed by atoms with van der Waals surface area (Å²) in [5.41, 5.74) is 1.04. The third-order valence-corrected chi connectivity index (χ3v) is 8.53. The predicted molar refractivity (Wildman–Crippen MR) is 143 cm³/mol. The van der Waals surface area contributed by atoms with E-state index < -0.39 is 17.7 Å². The number of hydrogen-bond donors (Lipinski definition) is 2. The van der Waals surface area contributed by atoms with Gasteiger partial charge in [-0.15, -0.1) is 0 Å². The molecule has 7 nitrogen and oxygen atoms in total. The van der Waals surface area contributed by atoms with Crippen LogP contribution in [0.5, 0.6) is 0 Å². The summed E-state index contributed by atoms with van der Waals surface area (Å²) in [6.07, 6.45) is 8.42. The molecule has 2 N–H and O–H groups in total. The van der Waals surface area contributed by atoms with E-state index in [0.29, 0.717) is 30.0 Å². The molecule has 204 valence electrons. The Morgan fingerprint density at radius 1 is 1.08 bits per heavy atom. The second-order valence-electron chi connectivity index (χ2n) is 12.6. The van der Waals surface area contributed by atoms with Gasteiger partial charge >= 0.3 is 12.1 Å². The van der Waals surface area contributed by atoms with Crippen LogP contribution in [0.2, 0.25) is 5.02 Å². The number of amides is 2. The van der Waals surface area contributed by atoms with Gasteiger partial charge in [0, 0.05) is 19.6 Å². The lowest BCUT2D eigenvalue weighted by molar-refractivity contribution is -0.137. The van der Waals surface area contributed by atoms with Gasteiger partial charge in [-0.25, -0.2) is 4.79 Å².